The summed E-state index contributed by atoms with van der Waals surface area (Å²) in [6.45, 7) is 1.96. The van der Waals surface area contributed by atoms with Crippen LogP contribution in [-0.4, -0.2) is 57.2 Å². The number of aromatic nitrogens is 5. The molecule has 0 spiro atoms. The molecule has 0 aromatic carbocycles. The molecule has 1 saturated carbocycles. The van der Waals surface area contributed by atoms with Crippen molar-refractivity contribution in [2.45, 2.75) is 37.8 Å². The zero-order chi connectivity index (χ0) is 18.2. The quantitative estimate of drug-likeness (QED) is 0.743. The van der Waals surface area contributed by atoms with Gasteiger partial charge < -0.3 is 19.5 Å². The third kappa shape index (κ3) is 3.05. The van der Waals surface area contributed by atoms with Crippen molar-refractivity contribution in [3.05, 3.63) is 31.0 Å². The van der Waals surface area contributed by atoms with Crippen molar-refractivity contribution >= 4 is 22.7 Å². The van der Waals surface area contributed by atoms with E-state index in [9.17, 15) is 0 Å². The van der Waals surface area contributed by atoms with Crippen LogP contribution in [0.1, 0.15) is 25.7 Å². The van der Waals surface area contributed by atoms with Crippen molar-refractivity contribution in [1.82, 2.24) is 24.9 Å². The molecule has 1 saturated heterocycles. The van der Waals surface area contributed by atoms with Gasteiger partial charge in [0, 0.05) is 37.4 Å². The van der Waals surface area contributed by atoms with Gasteiger partial charge in [0.1, 0.15) is 29.9 Å². The zero-order valence-corrected chi connectivity index (χ0v) is 15.4. The van der Waals surface area contributed by atoms with Gasteiger partial charge in [0.15, 0.2) is 0 Å². The van der Waals surface area contributed by atoms with Crippen molar-refractivity contribution < 1.29 is 4.74 Å². The van der Waals surface area contributed by atoms with Gasteiger partial charge in [0.05, 0.1) is 12.5 Å². The number of H-pyrrole nitrogens is 1. The Bertz CT molecular complexity index is 930. The number of rotatable bonds is 5. The summed E-state index contributed by atoms with van der Waals surface area (Å²) in [4.78, 5) is 25.6. The molecule has 8 nitrogen and oxygen atoms in total. The van der Waals surface area contributed by atoms with E-state index in [2.05, 4.69) is 40.8 Å². The number of fused-ring (bicyclic) bond motifs is 1. The van der Waals surface area contributed by atoms with Gasteiger partial charge in [0.25, 0.3) is 0 Å². The predicted octanol–water partition coefficient (Wildman–Crippen LogP) is 2.39. The number of methoxy groups -OCH3 is 1. The van der Waals surface area contributed by atoms with Crippen LogP contribution in [0, 0.1) is 0 Å². The summed E-state index contributed by atoms with van der Waals surface area (Å²) in [7, 11) is 1.65. The number of nitrogens with zero attached hydrogens (tertiary/aromatic N) is 6. The van der Waals surface area contributed by atoms with E-state index in [0.717, 1.165) is 48.6 Å². The van der Waals surface area contributed by atoms with Gasteiger partial charge in [-0.3, -0.25) is 0 Å². The molecule has 0 radical (unpaired) electrons. The smallest absolute Gasteiger partial charge is 0.218 e. The number of hydrogen-bond acceptors (Lipinski definition) is 7. The lowest BCUT2D eigenvalue weighted by molar-refractivity contribution is 0.395. The molecule has 2 aliphatic rings. The van der Waals surface area contributed by atoms with E-state index in [1.54, 1.807) is 19.8 Å². The van der Waals surface area contributed by atoms with Crippen LogP contribution in [0.2, 0.25) is 0 Å². The minimum absolute atomic E-state index is 0.483. The topological polar surface area (TPSA) is 83.1 Å². The van der Waals surface area contributed by atoms with Crippen LogP contribution in [0.3, 0.4) is 0 Å². The number of hydrogen-bond donors (Lipinski definition) is 1. The van der Waals surface area contributed by atoms with Crippen molar-refractivity contribution in [2.75, 3.05) is 30.0 Å². The summed E-state index contributed by atoms with van der Waals surface area (Å²) in [6, 6.07) is 5.09. The molecule has 27 heavy (non-hydrogen) atoms. The number of anilines is 2. The fourth-order valence-electron chi connectivity index (χ4n) is 4.07. The first-order chi connectivity index (χ1) is 13.3. The molecule has 5 rings (SSSR count). The summed E-state index contributed by atoms with van der Waals surface area (Å²) in [5, 5.41) is 1.09. The second kappa shape index (κ2) is 6.68. The van der Waals surface area contributed by atoms with Gasteiger partial charge in [-0.1, -0.05) is 0 Å². The molecule has 0 bridgehead atoms. The number of piperidine rings is 1. The minimum atomic E-state index is 0.483. The van der Waals surface area contributed by atoms with Crippen LogP contribution in [-0.2, 0) is 0 Å². The van der Waals surface area contributed by atoms with Crippen LogP contribution in [0.4, 0.5) is 11.6 Å². The van der Waals surface area contributed by atoms with Gasteiger partial charge in [-0.05, 0) is 31.7 Å². The van der Waals surface area contributed by atoms with Crippen LogP contribution >= 0.6 is 0 Å². The molecule has 8 heteroatoms. The summed E-state index contributed by atoms with van der Waals surface area (Å²) >= 11 is 0. The maximum Gasteiger partial charge on any atom is 0.218 e. The van der Waals surface area contributed by atoms with E-state index < -0.39 is 0 Å². The Labute approximate surface area is 157 Å². The highest BCUT2D eigenvalue weighted by molar-refractivity contribution is 5.87. The van der Waals surface area contributed by atoms with Crippen molar-refractivity contribution in [3.8, 4) is 5.88 Å². The molecule has 0 unspecified atom stereocenters. The molecule has 1 aliphatic heterocycles. The molecule has 1 N–H and O–H groups in total. The van der Waals surface area contributed by atoms with E-state index >= 15 is 0 Å². The largest absolute Gasteiger partial charge is 0.481 e. The third-order valence-electron chi connectivity index (χ3n) is 5.53. The Morgan fingerprint density at radius 2 is 1.81 bits per heavy atom. The minimum Gasteiger partial charge on any atom is -0.481 e. The summed E-state index contributed by atoms with van der Waals surface area (Å²) in [5.74, 6) is 2.64. The van der Waals surface area contributed by atoms with E-state index in [0.29, 0.717) is 18.0 Å². The molecular formula is C19H23N7O. The lowest BCUT2D eigenvalue weighted by Crippen LogP contribution is -2.46. The molecule has 3 aromatic rings. The maximum atomic E-state index is 5.30. The van der Waals surface area contributed by atoms with E-state index in [-0.39, 0.29) is 0 Å². The highest BCUT2D eigenvalue weighted by Gasteiger charge is 2.37. The van der Waals surface area contributed by atoms with Gasteiger partial charge in [-0.2, -0.15) is 0 Å². The van der Waals surface area contributed by atoms with Gasteiger partial charge in [0.2, 0.25) is 5.88 Å². The summed E-state index contributed by atoms with van der Waals surface area (Å²) in [6.07, 6.45) is 9.81. The summed E-state index contributed by atoms with van der Waals surface area (Å²) in [5.41, 5.74) is 0.898. The zero-order valence-electron chi connectivity index (χ0n) is 15.4. The first kappa shape index (κ1) is 16.3. The Hall–Kier alpha value is -2.90. The maximum absolute atomic E-state index is 5.30. The Balaban J connectivity index is 1.35. The number of aromatic amines is 1. The van der Waals surface area contributed by atoms with Gasteiger partial charge in [-0.25, -0.2) is 19.9 Å². The number of ether oxygens (including phenoxy) is 1. The Morgan fingerprint density at radius 3 is 2.59 bits per heavy atom. The van der Waals surface area contributed by atoms with E-state index in [1.165, 1.54) is 12.8 Å². The van der Waals surface area contributed by atoms with Crippen molar-refractivity contribution in [2.24, 2.45) is 0 Å². The molecular weight excluding hydrogens is 342 g/mol. The fraction of sp³-hybridized carbons (Fsp3) is 0.474. The fourth-order valence-corrected chi connectivity index (χ4v) is 4.07. The number of nitrogens with one attached hydrogen (secondary N) is 1. The normalized spacial score (nSPS) is 18.0. The lowest BCUT2D eigenvalue weighted by atomic mass is 10.0. The van der Waals surface area contributed by atoms with E-state index in [1.807, 2.05) is 12.3 Å². The highest BCUT2D eigenvalue weighted by Crippen LogP contribution is 2.36. The first-order valence-corrected chi connectivity index (χ1v) is 9.51. The molecule has 0 amide bonds. The van der Waals surface area contributed by atoms with Crippen LogP contribution < -0.4 is 14.5 Å². The molecule has 1 aliphatic carbocycles. The Kier molecular flexibility index (Phi) is 4.03. The van der Waals surface area contributed by atoms with Crippen LogP contribution in [0.5, 0.6) is 5.88 Å². The monoisotopic (exact) mass is 365 g/mol. The van der Waals surface area contributed by atoms with Crippen molar-refractivity contribution in [1.29, 1.82) is 0 Å². The lowest BCUT2D eigenvalue weighted by Gasteiger charge is -2.40. The van der Waals surface area contributed by atoms with E-state index in [4.69, 9.17) is 4.74 Å². The molecule has 3 aromatic heterocycles. The molecule has 0 atom stereocenters. The van der Waals surface area contributed by atoms with Crippen LogP contribution in [0.15, 0.2) is 31.0 Å². The standard InChI is InChI=1S/C19H23N7O/c1-27-17-10-16(21-11-22-17)26(13-2-3-13)14-5-8-25(9-6-14)19-15-4-7-20-18(15)23-12-24-19/h4,7,10-14H,2-3,5-6,8-9H2,1H3,(H,20,23,24). The Morgan fingerprint density at radius 1 is 1.04 bits per heavy atom. The predicted molar refractivity (Wildman–Crippen MR) is 103 cm³/mol. The SMILES string of the molecule is COc1cc(N(C2CC2)C2CCN(c3ncnc4[nH]ccc34)CC2)ncn1. The molecule has 2 fully saturated rings. The van der Waals surface area contributed by atoms with Gasteiger partial charge >= 0.3 is 0 Å². The van der Waals surface area contributed by atoms with Gasteiger partial charge in [-0.15, -0.1) is 0 Å². The highest BCUT2D eigenvalue weighted by atomic mass is 16.5. The average molecular weight is 365 g/mol. The first-order valence-electron chi connectivity index (χ1n) is 9.51. The average Bonchev–Trinajstić information content (AvgIpc) is 3.43. The third-order valence-corrected chi connectivity index (χ3v) is 5.53. The van der Waals surface area contributed by atoms with Crippen LogP contribution in [0.25, 0.3) is 11.0 Å². The van der Waals surface area contributed by atoms with Crippen molar-refractivity contribution in [3.63, 3.8) is 0 Å². The second-order valence-electron chi connectivity index (χ2n) is 7.21. The molecule has 140 valence electrons. The molecule has 4 heterocycles. The summed E-state index contributed by atoms with van der Waals surface area (Å²) < 4.78 is 5.30. The second-order valence-corrected chi connectivity index (χ2v) is 7.21.